The van der Waals surface area contributed by atoms with Gasteiger partial charge in [-0.25, -0.2) is 0 Å². The molecule has 2 rings (SSSR count). The minimum atomic E-state index is -0.527. The van der Waals surface area contributed by atoms with Crippen molar-refractivity contribution in [3.63, 3.8) is 0 Å². The molecule has 0 aliphatic heterocycles. The molecule has 1 atom stereocenters. The van der Waals surface area contributed by atoms with Crippen molar-refractivity contribution in [2.45, 2.75) is 39.3 Å². The molecular formula is C22H27ClN2O3. The van der Waals surface area contributed by atoms with Gasteiger partial charge < -0.3 is 15.0 Å². The normalized spacial score (nSPS) is 11.6. The molecule has 0 saturated heterocycles. The highest BCUT2D eigenvalue weighted by Crippen LogP contribution is 2.18. The average molecular weight is 403 g/mol. The van der Waals surface area contributed by atoms with Crippen LogP contribution in [0.25, 0.3) is 0 Å². The maximum atomic E-state index is 13.1. The monoisotopic (exact) mass is 402 g/mol. The number of hydrogen-bond donors (Lipinski definition) is 1. The number of hydrogen-bond acceptors (Lipinski definition) is 3. The summed E-state index contributed by atoms with van der Waals surface area (Å²) in [4.78, 5) is 27.3. The second kappa shape index (κ2) is 10.7. The second-order valence-corrected chi connectivity index (χ2v) is 6.93. The lowest BCUT2D eigenvalue weighted by Crippen LogP contribution is -2.49. The van der Waals surface area contributed by atoms with Crippen LogP contribution in [-0.4, -0.2) is 36.4 Å². The molecule has 0 saturated carbocycles. The standard InChI is InChI=1S/C22H27ClN2O3/c1-4-20(22(27)24-5-2)25(15-17-6-10-18(23)11-7-17)21(26)14-16-8-12-19(28-3)13-9-16/h6-13,20H,4-5,14-15H2,1-3H3,(H,24,27). The minimum Gasteiger partial charge on any atom is -0.497 e. The van der Waals surface area contributed by atoms with Crippen LogP contribution in [0.2, 0.25) is 5.02 Å². The molecular weight excluding hydrogens is 376 g/mol. The lowest BCUT2D eigenvalue weighted by molar-refractivity contribution is -0.140. The van der Waals surface area contributed by atoms with E-state index < -0.39 is 6.04 Å². The maximum absolute atomic E-state index is 13.1. The second-order valence-electron chi connectivity index (χ2n) is 6.49. The van der Waals surface area contributed by atoms with Crippen LogP contribution < -0.4 is 10.1 Å². The molecule has 1 unspecified atom stereocenters. The van der Waals surface area contributed by atoms with Gasteiger partial charge in [0.05, 0.1) is 13.5 Å². The molecule has 5 nitrogen and oxygen atoms in total. The fourth-order valence-corrected chi connectivity index (χ4v) is 3.14. The Morgan fingerprint density at radius 3 is 2.18 bits per heavy atom. The summed E-state index contributed by atoms with van der Waals surface area (Å²) in [5.74, 6) is 0.503. The Morgan fingerprint density at radius 1 is 1.04 bits per heavy atom. The Morgan fingerprint density at radius 2 is 1.64 bits per heavy atom. The van der Waals surface area contributed by atoms with Crippen LogP contribution in [0.1, 0.15) is 31.4 Å². The molecule has 6 heteroatoms. The van der Waals surface area contributed by atoms with E-state index in [2.05, 4.69) is 5.32 Å². The Bertz CT molecular complexity index is 775. The number of nitrogens with one attached hydrogen (secondary N) is 1. The molecule has 28 heavy (non-hydrogen) atoms. The number of halogens is 1. The first-order valence-corrected chi connectivity index (χ1v) is 9.80. The van der Waals surface area contributed by atoms with Crippen LogP contribution in [0, 0.1) is 0 Å². The third kappa shape index (κ3) is 5.99. The molecule has 150 valence electrons. The van der Waals surface area contributed by atoms with Crippen LogP contribution in [0.5, 0.6) is 5.75 Å². The lowest BCUT2D eigenvalue weighted by Gasteiger charge is -2.30. The zero-order chi connectivity index (χ0) is 20.5. The fraction of sp³-hybridized carbons (Fsp3) is 0.364. The highest BCUT2D eigenvalue weighted by atomic mass is 35.5. The van der Waals surface area contributed by atoms with Gasteiger partial charge in [-0.05, 0) is 48.7 Å². The number of nitrogens with zero attached hydrogens (tertiary/aromatic N) is 1. The van der Waals surface area contributed by atoms with Gasteiger partial charge >= 0.3 is 0 Å². The van der Waals surface area contributed by atoms with Gasteiger partial charge in [-0.2, -0.15) is 0 Å². The summed E-state index contributed by atoms with van der Waals surface area (Å²) in [5, 5.41) is 3.47. The van der Waals surface area contributed by atoms with Crippen LogP contribution in [-0.2, 0) is 22.6 Å². The molecule has 0 heterocycles. The number of ether oxygens (including phenoxy) is 1. The van der Waals surface area contributed by atoms with Gasteiger partial charge in [-0.15, -0.1) is 0 Å². The summed E-state index contributed by atoms with van der Waals surface area (Å²) in [7, 11) is 1.60. The molecule has 0 fully saturated rings. The SMILES string of the molecule is CCNC(=O)C(CC)N(Cc1ccc(Cl)cc1)C(=O)Cc1ccc(OC)cc1. The first-order valence-electron chi connectivity index (χ1n) is 9.43. The fourth-order valence-electron chi connectivity index (χ4n) is 3.02. The lowest BCUT2D eigenvalue weighted by atomic mass is 10.1. The molecule has 0 spiro atoms. The van der Waals surface area contributed by atoms with E-state index in [1.807, 2.05) is 50.2 Å². The van der Waals surface area contributed by atoms with Crippen molar-refractivity contribution in [2.75, 3.05) is 13.7 Å². The van der Waals surface area contributed by atoms with Gasteiger partial charge in [0.1, 0.15) is 11.8 Å². The van der Waals surface area contributed by atoms with Crippen molar-refractivity contribution in [3.8, 4) is 5.75 Å². The smallest absolute Gasteiger partial charge is 0.242 e. The van der Waals surface area contributed by atoms with Gasteiger partial charge in [0, 0.05) is 18.1 Å². The molecule has 0 bridgehead atoms. The zero-order valence-electron chi connectivity index (χ0n) is 16.6. The van der Waals surface area contributed by atoms with E-state index >= 15 is 0 Å². The van der Waals surface area contributed by atoms with E-state index in [0.29, 0.717) is 24.5 Å². The summed E-state index contributed by atoms with van der Waals surface area (Å²) < 4.78 is 5.17. The maximum Gasteiger partial charge on any atom is 0.242 e. The molecule has 0 radical (unpaired) electrons. The minimum absolute atomic E-state index is 0.0989. The highest BCUT2D eigenvalue weighted by Gasteiger charge is 2.28. The Labute approximate surface area is 171 Å². The third-order valence-corrected chi connectivity index (χ3v) is 4.77. The van der Waals surface area contributed by atoms with Crippen LogP contribution in [0.4, 0.5) is 0 Å². The quantitative estimate of drug-likeness (QED) is 0.693. The third-order valence-electron chi connectivity index (χ3n) is 4.52. The van der Waals surface area contributed by atoms with Gasteiger partial charge in [0.2, 0.25) is 11.8 Å². The molecule has 0 aliphatic carbocycles. The van der Waals surface area contributed by atoms with Crippen molar-refractivity contribution in [3.05, 3.63) is 64.7 Å². The summed E-state index contributed by atoms with van der Waals surface area (Å²) in [6.45, 7) is 4.65. The summed E-state index contributed by atoms with van der Waals surface area (Å²) in [6.07, 6.45) is 0.751. The van der Waals surface area contributed by atoms with Gasteiger partial charge in [-0.1, -0.05) is 42.8 Å². The van der Waals surface area contributed by atoms with Crippen LogP contribution in [0.15, 0.2) is 48.5 Å². The van der Waals surface area contributed by atoms with Crippen LogP contribution in [0.3, 0.4) is 0 Å². The van der Waals surface area contributed by atoms with E-state index in [-0.39, 0.29) is 18.2 Å². The molecule has 2 aromatic carbocycles. The van der Waals surface area contributed by atoms with E-state index in [9.17, 15) is 9.59 Å². The first kappa shape index (κ1) is 21.8. The van der Waals surface area contributed by atoms with E-state index in [1.54, 1.807) is 24.1 Å². The molecule has 0 aliphatic rings. The molecule has 0 aromatic heterocycles. The number of benzene rings is 2. The van der Waals surface area contributed by atoms with Crippen molar-refractivity contribution < 1.29 is 14.3 Å². The molecule has 2 aromatic rings. The van der Waals surface area contributed by atoms with Crippen LogP contribution >= 0.6 is 11.6 Å². The number of amides is 2. The topological polar surface area (TPSA) is 58.6 Å². The Kier molecular flexibility index (Phi) is 8.33. The number of methoxy groups -OCH3 is 1. The number of rotatable bonds is 9. The van der Waals surface area contributed by atoms with E-state index in [1.165, 1.54) is 0 Å². The Balaban J connectivity index is 2.24. The van der Waals surface area contributed by atoms with Gasteiger partial charge in [0.25, 0.3) is 0 Å². The highest BCUT2D eigenvalue weighted by molar-refractivity contribution is 6.30. The van der Waals surface area contributed by atoms with Gasteiger partial charge in [-0.3, -0.25) is 9.59 Å². The van der Waals surface area contributed by atoms with Gasteiger partial charge in [0.15, 0.2) is 0 Å². The van der Waals surface area contributed by atoms with Crippen molar-refractivity contribution in [1.29, 1.82) is 0 Å². The average Bonchev–Trinajstić information content (AvgIpc) is 2.70. The predicted molar refractivity (Wildman–Crippen MR) is 111 cm³/mol. The largest absolute Gasteiger partial charge is 0.497 e. The summed E-state index contributed by atoms with van der Waals surface area (Å²) in [6, 6.07) is 14.2. The van der Waals surface area contributed by atoms with E-state index in [4.69, 9.17) is 16.3 Å². The number of carbonyl (C=O) groups excluding carboxylic acids is 2. The number of likely N-dealkylation sites (N-methyl/N-ethyl adjacent to an activating group) is 1. The van der Waals surface area contributed by atoms with Crippen molar-refractivity contribution in [2.24, 2.45) is 0 Å². The zero-order valence-corrected chi connectivity index (χ0v) is 17.3. The first-order chi connectivity index (χ1) is 13.5. The molecule has 2 amide bonds. The van der Waals surface area contributed by atoms with E-state index in [0.717, 1.165) is 16.9 Å². The van der Waals surface area contributed by atoms with Crippen molar-refractivity contribution in [1.82, 2.24) is 10.2 Å². The summed E-state index contributed by atoms with van der Waals surface area (Å²) in [5.41, 5.74) is 1.80. The summed E-state index contributed by atoms with van der Waals surface area (Å²) >= 11 is 5.97. The van der Waals surface area contributed by atoms with Crippen molar-refractivity contribution >= 4 is 23.4 Å². The predicted octanol–water partition coefficient (Wildman–Crippen LogP) is 3.83. The number of carbonyl (C=O) groups is 2. The Hall–Kier alpha value is -2.53. The molecule has 1 N–H and O–H groups in total.